The number of nitrogens with one attached hydrogen (secondary N) is 1. The molecule has 3 aromatic carbocycles. The summed E-state index contributed by atoms with van der Waals surface area (Å²) in [5.74, 6) is 0.247. The Bertz CT molecular complexity index is 1250. The van der Waals surface area contributed by atoms with Crippen molar-refractivity contribution in [3.63, 3.8) is 0 Å². The lowest BCUT2D eigenvalue weighted by Crippen LogP contribution is -2.41. The maximum absolute atomic E-state index is 13.2. The maximum Gasteiger partial charge on any atom is 0.265 e. The van der Waals surface area contributed by atoms with E-state index in [1.165, 1.54) is 29.8 Å². The molecule has 5 nitrogen and oxygen atoms in total. The van der Waals surface area contributed by atoms with Crippen molar-refractivity contribution in [1.29, 1.82) is 0 Å². The molecule has 1 aliphatic heterocycles. The van der Waals surface area contributed by atoms with Crippen LogP contribution in [0.4, 0.5) is 10.1 Å². The van der Waals surface area contributed by atoms with E-state index in [1.54, 1.807) is 6.92 Å². The number of rotatable bonds is 6. The standard InChI is InChI=1S/C29H29FN2O3/c1-18-4-3-5-22(16-18)27-26-17-25(13-8-20(26)14-15-32(27)29(34)21-6-7-21)35-19(2)28(33)31-24-11-9-23(30)10-12-24/h3-5,8-13,16-17,19,21,27H,6-7,14-15H2,1-2H3,(H,31,33)/t19-,27-/m0/s1. The second kappa shape index (κ2) is 9.53. The molecular weight excluding hydrogens is 443 g/mol. The molecule has 0 aromatic heterocycles. The van der Waals surface area contributed by atoms with Gasteiger partial charge in [0.1, 0.15) is 11.6 Å². The van der Waals surface area contributed by atoms with E-state index in [0.717, 1.165) is 36.0 Å². The molecule has 3 aromatic rings. The molecule has 1 fully saturated rings. The van der Waals surface area contributed by atoms with Crippen molar-refractivity contribution in [3.8, 4) is 5.75 Å². The zero-order valence-electron chi connectivity index (χ0n) is 20.0. The predicted molar refractivity (Wildman–Crippen MR) is 133 cm³/mol. The van der Waals surface area contributed by atoms with Crippen molar-refractivity contribution in [2.24, 2.45) is 5.92 Å². The summed E-state index contributed by atoms with van der Waals surface area (Å²) in [6.07, 6.45) is 1.96. The lowest BCUT2D eigenvalue weighted by Gasteiger charge is -2.38. The van der Waals surface area contributed by atoms with Crippen molar-refractivity contribution in [2.75, 3.05) is 11.9 Å². The third-order valence-electron chi connectivity index (χ3n) is 6.71. The van der Waals surface area contributed by atoms with Gasteiger partial charge in [0.2, 0.25) is 5.91 Å². The Kier molecular flexibility index (Phi) is 6.29. The first-order valence-electron chi connectivity index (χ1n) is 12.1. The number of nitrogens with zero attached hydrogens (tertiary/aromatic N) is 1. The number of hydrogen-bond acceptors (Lipinski definition) is 3. The second-order valence-electron chi connectivity index (χ2n) is 9.49. The van der Waals surface area contributed by atoms with Gasteiger partial charge in [0, 0.05) is 18.2 Å². The van der Waals surface area contributed by atoms with E-state index < -0.39 is 6.10 Å². The highest BCUT2D eigenvalue weighted by molar-refractivity contribution is 5.94. The number of aryl methyl sites for hydroxylation is 1. The van der Waals surface area contributed by atoms with Gasteiger partial charge in [0.25, 0.3) is 5.91 Å². The molecule has 0 saturated heterocycles. The molecule has 1 N–H and O–H groups in total. The highest BCUT2D eigenvalue weighted by Gasteiger charge is 2.39. The number of benzene rings is 3. The van der Waals surface area contributed by atoms with Crippen LogP contribution in [0.15, 0.2) is 66.7 Å². The summed E-state index contributed by atoms with van der Waals surface area (Å²) in [4.78, 5) is 27.9. The van der Waals surface area contributed by atoms with E-state index >= 15 is 0 Å². The molecule has 5 rings (SSSR count). The Hall–Kier alpha value is -3.67. The van der Waals surface area contributed by atoms with Crippen LogP contribution in [0.25, 0.3) is 0 Å². The van der Waals surface area contributed by atoms with Crippen LogP contribution in [0, 0.1) is 18.7 Å². The highest BCUT2D eigenvalue weighted by Crippen LogP contribution is 2.41. The summed E-state index contributed by atoms with van der Waals surface area (Å²) in [7, 11) is 0. The van der Waals surface area contributed by atoms with Gasteiger partial charge in [-0.2, -0.15) is 0 Å². The Balaban J connectivity index is 1.40. The van der Waals surface area contributed by atoms with Crippen molar-refractivity contribution in [1.82, 2.24) is 4.90 Å². The zero-order valence-corrected chi connectivity index (χ0v) is 20.0. The maximum atomic E-state index is 13.2. The smallest absolute Gasteiger partial charge is 0.265 e. The fourth-order valence-electron chi connectivity index (χ4n) is 4.70. The van der Waals surface area contributed by atoms with Crippen LogP contribution in [0.1, 0.15) is 48.1 Å². The molecular formula is C29H29FN2O3. The topological polar surface area (TPSA) is 58.6 Å². The average molecular weight is 473 g/mol. The first-order chi connectivity index (χ1) is 16.9. The lowest BCUT2D eigenvalue weighted by molar-refractivity contribution is -0.134. The fourth-order valence-corrected chi connectivity index (χ4v) is 4.70. The van der Waals surface area contributed by atoms with Gasteiger partial charge in [-0.15, -0.1) is 0 Å². The third-order valence-corrected chi connectivity index (χ3v) is 6.71. The van der Waals surface area contributed by atoms with Crippen molar-refractivity contribution < 1.29 is 18.7 Å². The number of carbonyl (C=O) groups excluding carboxylic acids is 2. The zero-order chi connectivity index (χ0) is 24.5. The number of amides is 2. The molecule has 0 unspecified atom stereocenters. The van der Waals surface area contributed by atoms with Crippen LogP contribution in [-0.2, 0) is 16.0 Å². The normalized spacial score (nSPS) is 17.9. The molecule has 2 atom stereocenters. The van der Waals surface area contributed by atoms with Crippen LogP contribution in [-0.4, -0.2) is 29.4 Å². The number of halogens is 1. The minimum absolute atomic E-state index is 0.137. The molecule has 1 aliphatic carbocycles. The summed E-state index contributed by atoms with van der Waals surface area (Å²) >= 11 is 0. The second-order valence-corrected chi connectivity index (χ2v) is 9.49. The molecule has 0 radical (unpaired) electrons. The van der Waals surface area contributed by atoms with Gasteiger partial charge in [-0.1, -0.05) is 35.9 Å². The molecule has 1 heterocycles. The van der Waals surface area contributed by atoms with Crippen molar-refractivity contribution in [3.05, 3.63) is 94.8 Å². The number of anilines is 1. The van der Waals surface area contributed by atoms with Crippen molar-refractivity contribution >= 4 is 17.5 Å². The third kappa shape index (κ3) is 5.06. The molecule has 6 heteroatoms. The van der Waals surface area contributed by atoms with Gasteiger partial charge < -0.3 is 15.0 Å². The van der Waals surface area contributed by atoms with Gasteiger partial charge in [0.05, 0.1) is 6.04 Å². The summed E-state index contributed by atoms with van der Waals surface area (Å²) < 4.78 is 19.2. The lowest BCUT2D eigenvalue weighted by atomic mass is 9.87. The SMILES string of the molecule is Cc1cccc([C@H]2c3cc(O[C@@H](C)C(=O)Nc4ccc(F)cc4)ccc3CCN2C(=O)C2CC2)c1. The quantitative estimate of drug-likeness (QED) is 0.521. The van der Waals surface area contributed by atoms with E-state index in [-0.39, 0.29) is 29.6 Å². The van der Waals surface area contributed by atoms with Crippen LogP contribution in [0.5, 0.6) is 5.75 Å². The van der Waals surface area contributed by atoms with Gasteiger partial charge in [-0.3, -0.25) is 9.59 Å². The van der Waals surface area contributed by atoms with Crippen molar-refractivity contribution in [2.45, 2.75) is 45.3 Å². The minimum atomic E-state index is -0.761. The number of carbonyl (C=O) groups is 2. The van der Waals surface area contributed by atoms with Gasteiger partial charge >= 0.3 is 0 Å². The molecule has 35 heavy (non-hydrogen) atoms. The van der Waals surface area contributed by atoms with Gasteiger partial charge in [0.15, 0.2) is 6.10 Å². The highest BCUT2D eigenvalue weighted by atomic mass is 19.1. The first-order valence-corrected chi connectivity index (χ1v) is 12.1. The molecule has 1 saturated carbocycles. The van der Waals surface area contributed by atoms with E-state index in [1.807, 2.05) is 29.2 Å². The van der Waals surface area contributed by atoms with E-state index in [2.05, 4.69) is 30.4 Å². The molecule has 180 valence electrons. The molecule has 0 bridgehead atoms. The van der Waals surface area contributed by atoms with Crippen LogP contribution < -0.4 is 10.1 Å². The van der Waals surface area contributed by atoms with E-state index in [0.29, 0.717) is 18.0 Å². The van der Waals surface area contributed by atoms with Crippen LogP contribution >= 0.6 is 0 Å². The monoisotopic (exact) mass is 472 g/mol. The summed E-state index contributed by atoms with van der Waals surface area (Å²) in [6, 6.07) is 19.6. The number of hydrogen-bond donors (Lipinski definition) is 1. The number of fused-ring (bicyclic) bond motifs is 1. The van der Waals surface area contributed by atoms with Gasteiger partial charge in [-0.05, 0) is 86.2 Å². The Morgan fingerprint density at radius 3 is 2.54 bits per heavy atom. The first kappa shape index (κ1) is 23.1. The van der Waals surface area contributed by atoms with E-state index in [9.17, 15) is 14.0 Å². The largest absolute Gasteiger partial charge is 0.481 e. The van der Waals surface area contributed by atoms with Gasteiger partial charge in [-0.25, -0.2) is 4.39 Å². The Morgan fingerprint density at radius 1 is 1.06 bits per heavy atom. The molecule has 2 amide bonds. The summed E-state index contributed by atoms with van der Waals surface area (Å²) in [5, 5.41) is 2.75. The Labute approximate surface area is 204 Å². The fraction of sp³-hybridized carbons (Fsp3) is 0.310. The summed E-state index contributed by atoms with van der Waals surface area (Å²) in [6.45, 7) is 4.43. The van der Waals surface area contributed by atoms with Crippen LogP contribution in [0.2, 0.25) is 0 Å². The average Bonchev–Trinajstić information content (AvgIpc) is 3.70. The molecule has 0 spiro atoms. The molecule has 2 aliphatic rings. The summed E-state index contributed by atoms with van der Waals surface area (Å²) in [5.41, 5.74) is 4.96. The Morgan fingerprint density at radius 2 is 1.83 bits per heavy atom. The van der Waals surface area contributed by atoms with E-state index in [4.69, 9.17) is 4.74 Å². The predicted octanol–water partition coefficient (Wildman–Crippen LogP) is 5.42. The number of ether oxygens (including phenoxy) is 1. The minimum Gasteiger partial charge on any atom is -0.481 e. The van der Waals surface area contributed by atoms with Crippen LogP contribution in [0.3, 0.4) is 0 Å².